The van der Waals surface area contributed by atoms with Crippen molar-refractivity contribution in [2.24, 2.45) is 0 Å². The molecule has 92 valence electrons. The SMILES string of the molecule is COC(=O)C[C@@H](O)c1cc(O)ccc1[N+](=O)[O-]. The summed E-state index contributed by atoms with van der Waals surface area (Å²) in [6, 6.07) is 3.24. The van der Waals surface area contributed by atoms with E-state index in [1.807, 2.05) is 0 Å². The molecule has 0 unspecified atom stereocenters. The van der Waals surface area contributed by atoms with Crippen molar-refractivity contribution in [3.8, 4) is 5.75 Å². The van der Waals surface area contributed by atoms with Gasteiger partial charge in [-0.1, -0.05) is 0 Å². The number of aromatic hydroxyl groups is 1. The van der Waals surface area contributed by atoms with Gasteiger partial charge in [0.1, 0.15) is 5.75 Å². The highest BCUT2D eigenvalue weighted by Gasteiger charge is 2.23. The van der Waals surface area contributed by atoms with E-state index in [9.17, 15) is 25.1 Å². The zero-order valence-electron chi connectivity index (χ0n) is 8.99. The third kappa shape index (κ3) is 3.15. The third-order valence-electron chi connectivity index (χ3n) is 2.15. The van der Waals surface area contributed by atoms with E-state index in [1.54, 1.807) is 0 Å². The standard InChI is InChI=1S/C10H11NO6/c1-17-10(14)5-9(13)7-4-6(12)2-3-8(7)11(15)16/h2-4,9,12-13H,5H2,1H3/t9-/m1/s1. The summed E-state index contributed by atoms with van der Waals surface area (Å²) < 4.78 is 4.34. The molecule has 0 aliphatic carbocycles. The van der Waals surface area contributed by atoms with Crippen molar-refractivity contribution in [1.82, 2.24) is 0 Å². The molecule has 2 N–H and O–H groups in total. The Labute approximate surface area is 96.4 Å². The summed E-state index contributed by atoms with van der Waals surface area (Å²) in [7, 11) is 1.14. The highest BCUT2D eigenvalue weighted by molar-refractivity contribution is 5.70. The molecule has 1 aromatic rings. The lowest BCUT2D eigenvalue weighted by molar-refractivity contribution is -0.386. The smallest absolute Gasteiger partial charge is 0.308 e. The number of hydrogen-bond acceptors (Lipinski definition) is 6. The minimum Gasteiger partial charge on any atom is -0.508 e. The van der Waals surface area contributed by atoms with Crippen LogP contribution in [0.25, 0.3) is 0 Å². The zero-order valence-corrected chi connectivity index (χ0v) is 8.99. The van der Waals surface area contributed by atoms with Crippen LogP contribution in [0.1, 0.15) is 18.1 Å². The largest absolute Gasteiger partial charge is 0.508 e. The minimum absolute atomic E-state index is 0.125. The van der Waals surface area contributed by atoms with Crippen LogP contribution in [0.4, 0.5) is 5.69 Å². The molecule has 1 atom stereocenters. The van der Waals surface area contributed by atoms with Gasteiger partial charge in [0, 0.05) is 6.07 Å². The van der Waals surface area contributed by atoms with Gasteiger partial charge in [-0.05, 0) is 12.1 Å². The quantitative estimate of drug-likeness (QED) is 0.460. The Morgan fingerprint density at radius 1 is 1.59 bits per heavy atom. The predicted octanol–water partition coefficient (Wildman–Crippen LogP) is 0.897. The molecule has 0 heterocycles. The van der Waals surface area contributed by atoms with E-state index in [0.29, 0.717) is 0 Å². The van der Waals surface area contributed by atoms with E-state index in [4.69, 9.17) is 0 Å². The fraction of sp³-hybridized carbons (Fsp3) is 0.300. The fourth-order valence-corrected chi connectivity index (χ4v) is 1.33. The number of aliphatic hydroxyl groups excluding tert-OH is 1. The topological polar surface area (TPSA) is 110 Å². The third-order valence-corrected chi connectivity index (χ3v) is 2.15. The van der Waals surface area contributed by atoms with E-state index in [0.717, 1.165) is 25.3 Å². The average Bonchev–Trinajstić information content (AvgIpc) is 2.28. The van der Waals surface area contributed by atoms with Crippen molar-refractivity contribution < 1.29 is 24.7 Å². The van der Waals surface area contributed by atoms with Gasteiger partial charge in [-0.3, -0.25) is 14.9 Å². The molecule has 0 saturated carbocycles. The van der Waals surface area contributed by atoms with Crippen molar-refractivity contribution in [2.45, 2.75) is 12.5 Å². The number of hydrogen-bond donors (Lipinski definition) is 2. The number of phenolic OH excluding ortho intramolecular Hbond substituents is 1. The number of phenols is 1. The van der Waals surface area contributed by atoms with E-state index >= 15 is 0 Å². The van der Waals surface area contributed by atoms with Crippen molar-refractivity contribution in [3.05, 3.63) is 33.9 Å². The number of aliphatic hydroxyl groups is 1. The number of methoxy groups -OCH3 is 1. The number of nitrogens with zero attached hydrogens (tertiary/aromatic N) is 1. The Balaban J connectivity index is 3.06. The normalized spacial score (nSPS) is 11.9. The van der Waals surface area contributed by atoms with E-state index in [2.05, 4.69) is 4.74 Å². The van der Waals surface area contributed by atoms with E-state index in [-0.39, 0.29) is 17.0 Å². The molecule has 0 spiro atoms. The van der Waals surface area contributed by atoms with Crippen LogP contribution in [0, 0.1) is 10.1 Å². The van der Waals surface area contributed by atoms with Gasteiger partial charge in [0.2, 0.25) is 0 Å². The first-order valence-electron chi connectivity index (χ1n) is 4.68. The van der Waals surface area contributed by atoms with Crippen LogP contribution in [0.3, 0.4) is 0 Å². The van der Waals surface area contributed by atoms with Gasteiger partial charge in [-0.25, -0.2) is 0 Å². The first-order valence-corrected chi connectivity index (χ1v) is 4.68. The summed E-state index contributed by atoms with van der Waals surface area (Å²) in [6.07, 6.45) is -1.81. The summed E-state index contributed by atoms with van der Waals surface area (Å²) >= 11 is 0. The molecule has 0 aromatic heterocycles. The number of carbonyl (C=O) groups is 1. The van der Waals surface area contributed by atoms with Crippen molar-refractivity contribution in [3.63, 3.8) is 0 Å². The van der Waals surface area contributed by atoms with Gasteiger partial charge in [0.05, 0.1) is 30.1 Å². The van der Waals surface area contributed by atoms with Crippen molar-refractivity contribution in [2.75, 3.05) is 7.11 Å². The molecule has 1 aromatic carbocycles. The maximum absolute atomic E-state index is 10.9. The zero-order chi connectivity index (χ0) is 13.0. The predicted molar refractivity (Wildman–Crippen MR) is 56.4 cm³/mol. The first kappa shape index (κ1) is 12.9. The summed E-state index contributed by atoms with van der Waals surface area (Å²) in [5, 5.41) is 29.6. The lowest BCUT2D eigenvalue weighted by Gasteiger charge is -2.10. The second kappa shape index (κ2) is 5.26. The van der Waals surface area contributed by atoms with Crippen LogP contribution in [0.5, 0.6) is 5.75 Å². The Kier molecular flexibility index (Phi) is 4.00. The molecule has 0 fully saturated rings. The molecule has 0 bridgehead atoms. The Morgan fingerprint density at radius 2 is 2.24 bits per heavy atom. The maximum atomic E-state index is 10.9. The molecule has 1 rings (SSSR count). The lowest BCUT2D eigenvalue weighted by atomic mass is 10.0. The van der Waals surface area contributed by atoms with E-state index < -0.39 is 23.4 Å². The summed E-state index contributed by atoms with van der Waals surface area (Å²) in [6.45, 7) is 0. The lowest BCUT2D eigenvalue weighted by Crippen LogP contribution is -2.09. The van der Waals surface area contributed by atoms with Gasteiger partial charge in [-0.2, -0.15) is 0 Å². The van der Waals surface area contributed by atoms with Crippen LogP contribution in [-0.4, -0.2) is 28.2 Å². The average molecular weight is 241 g/mol. The summed E-state index contributed by atoms with van der Waals surface area (Å²) in [4.78, 5) is 20.9. The maximum Gasteiger partial charge on any atom is 0.308 e. The molecule has 0 radical (unpaired) electrons. The highest BCUT2D eigenvalue weighted by Crippen LogP contribution is 2.30. The Morgan fingerprint density at radius 3 is 2.76 bits per heavy atom. The van der Waals surface area contributed by atoms with Gasteiger partial charge in [0.15, 0.2) is 0 Å². The van der Waals surface area contributed by atoms with Crippen LogP contribution >= 0.6 is 0 Å². The number of carbonyl (C=O) groups excluding carboxylic acids is 1. The summed E-state index contributed by atoms with van der Waals surface area (Å²) in [5.41, 5.74) is -0.486. The fourth-order valence-electron chi connectivity index (χ4n) is 1.33. The van der Waals surface area contributed by atoms with Gasteiger partial charge in [-0.15, -0.1) is 0 Å². The number of benzene rings is 1. The van der Waals surface area contributed by atoms with Crippen molar-refractivity contribution in [1.29, 1.82) is 0 Å². The summed E-state index contributed by atoms with van der Waals surface area (Å²) in [5.74, 6) is -0.926. The molecular weight excluding hydrogens is 230 g/mol. The Bertz CT molecular complexity index is 444. The number of ether oxygens (including phenoxy) is 1. The molecule has 0 amide bonds. The van der Waals surface area contributed by atoms with Crippen LogP contribution in [0.15, 0.2) is 18.2 Å². The highest BCUT2D eigenvalue weighted by atomic mass is 16.6. The molecule has 17 heavy (non-hydrogen) atoms. The minimum atomic E-state index is -1.39. The van der Waals surface area contributed by atoms with Gasteiger partial charge in [0.25, 0.3) is 5.69 Å². The first-order chi connectivity index (χ1) is 7.95. The molecular formula is C10H11NO6. The monoisotopic (exact) mass is 241 g/mol. The van der Waals surface area contributed by atoms with Gasteiger partial charge >= 0.3 is 5.97 Å². The van der Waals surface area contributed by atoms with Crippen LogP contribution < -0.4 is 0 Å². The second-order valence-corrected chi connectivity index (χ2v) is 3.30. The number of nitro benzene ring substituents is 1. The van der Waals surface area contributed by atoms with Crippen LogP contribution in [-0.2, 0) is 9.53 Å². The second-order valence-electron chi connectivity index (χ2n) is 3.30. The molecule has 7 nitrogen and oxygen atoms in total. The molecule has 7 heteroatoms. The number of rotatable bonds is 4. The van der Waals surface area contributed by atoms with Gasteiger partial charge < -0.3 is 14.9 Å². The Hall–Kier alpha value is -2.15. The molecule has 0 saturated heterocycles. The number of nitro groups is 1. The van der Waals surface area contributed by atoms with Crippen molar-refractivity contribution >= 4 is 11.7 Å². The van der Waals surface area contributed by atoms with Crippen LogP contribution in [0.2, 0.25) is 0 Å². The molecule has 0 aliphatic heterocycles. The van der Waals surface area contributed by atoms with E-state index in [1.165, 1.54) is 0 Å². The number of esters is 1. The molecule has 0 aliphatic rings.